The van der Waals surface area contributed by atoms with Gasteiger partial charge >= 0.3 is 0 Å². The number of rotatable bonds is 3. The summed E-state index contributed by atoms with van der Waals surface area (Å²) in [7, 11) is -3.10. The van der Waals surface area contributed by atoms with Gasteiger partial charge in [0.05, 0.1) is 5.25 Å². The van der Waals surface area contributed by atoms with E-state index in [1.165, 1.54) is 6.26 Å². The van der Waals surface area contributed by atoms with E-state index in [1.54, 1.807) is 19.2 Å². The van der Waals surface area contributed by atoms with E-state index in [2.05, 4.69) is 15.2 Å². The second-order valence-corrected chi connectivity index (χ2v) is 6.99. The molecule has 18 heavy (non-hydrogen) atoms. The second-order valence-electron chi connectivity index (χ2n) is 4.63. The van der Waals surface area contributed by atoms with Gasteiger partial charge in [-0.15, -0.1) is 0 Å². The molecule has 1 N–H and O–H groups in total. The van der Waals surface area contributed by atoms with Crippen LogP contribution in [0.3, 0.4) is 0 Å². The van der Waals surface area contributed by atoms with Crippen molar-refractivity contribution in [1.82, 2.24) is 10.3 Å². The number of pyridine rings is 1. The van der Waals surface area contributed by atoms with Crippen LogP contribution in [0, 0.1) is 0 Å². The summed E-state index contributed by atoms with van der Waals surface area (Å²) in [5, 5.41) is 2.76. The van der Waals surface area contributed by atoms with E-state index in [4.69, 9.17) is 0 Å². The molecule has 1 fully saturated rings. The molecule has 5 nitrogen and oxygen atoms in total. The quantitative estimate of drug-likeness (QED) is 0.870. The maximum absolute atomic E-state index is 11.7. The van der Waals surface area contributed by atoms with Gasteiger partial charge < -0.3 is 10.2 Å². The highest BCUT2D eigenvalue weighted by Gasteiger charge is 2.24. The fraction of sp³-hybridized carbons (Fsp3) is 0.583. The first-order valence-electron chi connectivity index (χ1n) is 6.09. The van der Waals surface area contributed by atoms with Gasteiger partial charge in [-0.05, 0) is 13.0 Å². The lowest BCUT2D eigenvalue weighted by Crippen LogP contribution is -2.44. The summed E-state index contributed by atoms with van der Waals surface area (Å²) >= 11 is 0. The maximum atomic E-state index is 11.7. The minimum Gasteiger partial charge on any atom is -0.354 e. The van der Waals surface area contributed by atoms with Crippen LogP contribution in [0.1, 0.15) is 17.7 Å². The van der Waals surface area contributed by atoms with Crippen LogP contribution in [-0.2, 0) is 9.84 Å². The molecule has 1 aliphatic rings. The molecule has 1 aromatic heterocycles. The van der Waals surface area contributed by atoms with Gasteiger partial charge in [0, 0.05) is 44.2 Å². The van der Waals surface area contributed by atoms with Crippen LogP contribution in [0.15, 0.2) is 18.3 Å². The van der Waals surface area contributed by atoms with E-state index >= 15 is 0 Å². The molecule has 0 radical (unpaired) electrons. The topological polar surface area (TPSA) is 62.3 Å². The summed E-state index contributed by atoms with van der Waals surface area (Å²) in [6, 6.07) is 3.65. The zero-order valence-corrected chi connectivity index (χ0v) is 11.6. The van der Waals surface area contributed by atoms with Gasteiger partial charge in [0.1, 0.15) is 5.82 Å². The summed E-state index contributed by atoms with van der Waals surface area (Å²) < 4.78 is 23.4. The first-order chi connectivity index (χ1) is 8.50. The first kappa shape index (κ1) is 13.3. The normalized spacial score (nSPS) is 18.7. The zero-order chi connectivity index (χ0) is 13.2. The molecule has 1 aromatic rings. The predicted octanol–water partition coefficient (Wildman–Crippen LogP) is 0.597. The Bertz CT molecular complexity index is 510. The number of nitrogens with zero attached hydrogens (tertiary/aromatic N) is 2. The molecule has 100 valence electrons. The molecular formula is C12H19N3O2S. The molecule has 1 saturated heterocycles. The van der Waals surface area contributed by atoms with Gasteiger partial charge in [0.15, 0.2) is 9.84 Å². The minimum atomic E-state index is -3.10. The highest BCUT2D eigenvalue weighted by molar-refractivity contribution is 7.90. The Balaban J connectivity index is 2.36. The van der Waals surface area contributed by atoms with Crippen molar-refractivity contribution >= 4 is 15.7 Å². The third kappa shape index (κ3) is 2.81. The highest BCUT2D eigenvalue weighted by atomic mass is 32.2. The molecule has 2 heterocycles. The molecule has 1 aliphatic heterocycles. The summed E-state index contributed by atoms with van der Waals surface area (Å²) in [6.07, 6.45) is 2.99. The van der Waals surface area contributed by atoms with E-state index in [1.807, 2.05) is 6.07 Å². The number of sulfone groups is 1. The molecule has 0 saturated carbocycles. The fourth-order valence-electron chi connectivity index (χ4n) is 2.10. The standard InChI is InChI=1S/C12H19N3O2S/c1-10(18(2,16)17)11-4-3-5-14-12(11)15-8-6-13-7-9-15/h3-5,10,13H,6-9H2,1-2H3. The van der Waals surface area contributed by atoms with Crippen LogP contribution in [0.5, 0.6) is 0 Å². The maximum Gasteiger partial charge on any atom is 0.154 e. The average molecular weight is 269 g/mol. The second kappa shape index (κ2) is 5.24. The van der Waals surface area contributed by atoms with Crippen molar-refractivity contribution in [2.45, 2.75) is 12.2 Å². The minimum absolute atomic E-state index is 0.518. The molecule has 0 aromatic carbocycles. The van der Waals surface area contributed by atoms with Crippen molar-refractivity contribution in [3.63, 3.8) is 0 Å². The summed E-state index contributed by atoms with van der Waals surface area (Å²) in [4.78, 5) is 6.52. The first-order valence-corrected chi connectivity index (χ1v) is 8.05. The largest absolute Gasteiger partial charge is 0.354 e. The highest BCUT2D eigenvalue weighted by Crippen LogP contribution is 2.28. The molecule has 0 amide bonds. The molecule has 0 spiro atoms. The van der Waals surface area contributed by atoms with Crippen LogP contribution in [0.4, 0.5) is 5.82 Å². The third-order valence-electron chi connectivity index (χ3n) is 3.31. The van der Waals surface area contributed by atoms with Gasteiger partial charge in [-0.25, -0.2) is 13.4 Å². The Labute approximate surface area is 108 Å². The van der Waals surface area contributed by atoms with Crippen molar-refractivity contribution in [3.05, 3.63) is 23.9 Å². The van der Waals surface area contributed by atoms with E-state index in [0.717, 1.165) is 37.6 Å². The summed E-state index contributed by atoms with van der Waals surface area (Å²) in [5.74, 6) is 0.803. The van der Waals surface area contributed by atoms with Crippen molar-refractivity contribution < 1.29 is 8.42 Å². The number of hydrogen-bond acceptors (Lipinski definition) is 5. The van der Waals surface area contributed by atoms with E-state index in [9.17, 15) is 8.42 Å². The van der Waals surface area contributed by atoms with Gasteiger partial charge in [-0.2, -0.15) is 0 Å². The van der Waals surface area contributed by atoms with E-state index in [0.29, 0.717) is 0 Å². The number of aromatic nitrogens is 1. The van der Waals surface area contributed by atoms with Crippen LogP contribution >= 0.6 is 0 Å². The van der Waals surface area contributed by atoms with Crippen LogP contribution in [0.25, 0.3) is 0 Å². The fourth-order valence-corrected chi connectivity index (χ4v) is 2.74. The lowest BCUT2D eigenvalue weighted by atomic mass is 10.2. The Kier molecular flexibility index (Phi) is 3.87. The zero-order valence-electron chi connectivity index (χ0n) is 10.8. The third-order valence-corrected chi connectivity index (χ3v) is 4.85. The molecule has 1 unspecified atom stereocenters. The van der Waals surface area contributed by atoms with Gasteiger partial charge in [-0.3, -0.25) is 0 Å². The molecule has 1 atom stereocenters. The molecule has 0 bridgehead atoms. The Morgan fingerprint density at radius 3 is 2.67 bits per heavy atom. The van der Waals surface area contributed by atoms with Crippen LogP contribution in [0.2, 0.25) is 0 Å². The van der Waals surface area contributed by atoms with Crippen molar-refractivity contribution in [1.29, 1.82) is 0 Å². The average Bonchev–Trinajstić information content (AvgIpc) is 2.38. The number of piperazine rings is 1. The van der Waals surface area contributed by atoms with Crippen molar-refractivity contribution in [2.75, 3.05) is 37.3 Å². The van der Waals surface area contributed by atoms with Crippen molar-refractivity contribution in [2.24, 2.45) is 0 Å². The molecule has 0 aliphatic carbocycles. The van der Waals surface area contributed by atoms with Gasteiger partial charge in [0.25, 0.3) is 0 Å². The molecule has 2 rings (SSSR count). The molecular weight excluding hydrogens is 250 g/mol. The lowest BCUT2D eigenvalue weighted by molar-refractivity contribution is 0.579. The summed E-state index contributed by atoms with van der Waals surface area (Å²) in [6.45, 7) is 5.26. The van der Waals surface area contributed by atoms with E-state index < -0.39 is 15.1 Å². The Morgan fingerprint density at radius 1 is 1.39 bits per heavy atom. The smallest absolute Gasteiger partial charge is 0.154 e. The summed E-state index contributed by atoms with van der Waals surface area (Å²) in [5.41, 5.74) is 0.793. The van der Waals surface area contributed by atoms with Crippen LogP contribution in [-0.4, -0.2) is 45.8 Å². The van der Waals surface area contributed by atoms with Crippen LogP contribution < -0.4 is 10.2 Å². The Morgan fingerprint density at radius 2 is 2.06 bits per heavy atom. The van der Waals surface area contributed by atoms with Gasteiger partial charge in [0.2, 0.25) is 0 Å². The number of hydrogen-bond donors (Lipinski definition) is 1. The monoisotopic (exact) mass is 269 g/mol. The van der Waals surface area contributed by atoms with Crippen molar-refractivity contribution in [3.8, 4) is 0 Å². The number of nitrogens with one attached hydrogen (secondary N) is 1. The van der Waals surface area contributed by atoms with Gasteiger partial charge in [-0.1, -0.05) is 6.07 Å². The Hall–Kier alpha value is -1.14. The SMILES string of the molecule is CC(c1cccnc1N1CCNCC1)S(C)(=O)=O. The number of anilines is 1. The van der Waals surface area contributed by atoms with E-state index in [-0.39, 0.29) is 0 Å². The predicted molar refractivity (Wildman–Crippen MR) is 72.6 cm³/mol. The molecule has 6 heteroatoms. The lowest BCUT2D eigenvalue weighted by Gasteiger charge is -2.30.